The molecule has 1 saturated heterocycles. The minimum Gasteiger partial charge on any atom is -0.340 e. The Labute approximate surface area is 127 Å². The molecule has 0 radical (unpaired) electrons. The van der Waals surface area contributed by atoms with Gasteiger partial charge in [0.2, 0.25) is 17.7 Å². The van der Waals surface area contributed by atoms with Gasteiger partial charge in [0.15, 0.2) is 0 Å². The average Bonchev–Trinajstić information content (AvgIpc) is 2.46. The van der Waals surface area contributed by atoms with E-state index < -0.39 is 0 Å². The molecule has 0 spiro atoms. The summed E-state index contributed by atoms with van der Waals surface area (Å²) in [5, 5.41) is 0. The lowest BCUT2D eigenvalue weighted by Gasteiger charge is -2.35. The minimum absolute atomic E-state index is 0.0125. The molecule has 0 aromatic carbocycles. The maximum absolute atomic E-state index is 12.2. The molecule has 1 atom stereocenters. The van der Waals surface area contributed by atoms with Crippen LogP contribution in [0.1, 0.15) is 40.5 Å². The number of carbonyl (C=O) groups is 3. The summed E-state index contributed by atoms with van der Waals surface area (Å²) in [5.74, 6) is 0.132. The molecule has 120 valence electrons. The zero-order valence-corrected chi connectivity index (χ0v) is 13.6. The van der Waals surface area contributed by atoms with E-state index in [1.165, 1.54) is 0 Å². The van der Waals surface area contributed by atoms with E-state index in [0.717, 1.165) is 6.42 Å². The van der Waals surface area contributed by atoms with Crippen LogP contribution in [-0.4, -0.2) is 71.2 Å². The number of amides is 3. The predicted octanol–water partition coefficient (Wildman–Crippen LogP) is 0.714. The maximum atomic E-state index is 12.2. The van der Waals surface area contributed by atoms with E-state index in [1.807, 2.05) is 13.8 Å². The second-order valence-electron chi connectivity index (χ2n) is 5.61. The lowest BCUT2D eigenvalue weighted by molar-refractivity contribution is -0.139. The standard InChI is InChI=1S/C15H27N3O3/c1-5-12(2)18(14(4)20)7-6-15(21)17-10-8-16(9-11-17)13(3)19/h12H,5-11H2,1-4H3. The van der Waals surface area contributed by atoms with E-state index in [2.05, 4.69) is 0 Å². The smallest absolute Gasteiger partial charge is 0.224 e. The molecule has 1 heterocycles. The van der Waals surface area contributed by atoms with Crippen LogP contribution in [-0.2, 0) is 14.4 Å². The molecule has 1 aliphatic heterocycles. The van der Waals surface area contributed by atoms with E-state index in [1.54, 1.807) is 28.5 Å². The van der Waals surface area contributed by atoms with Crippen molar-refractivity contribution in [2.75, 3.05) is 32.7 Å². The van der Waals surface area contributed by atoms with Crippen LogP contribution in [0.25, 0.3) is 0 Å². The van der Waals surface area contributed by atoms with Crippen molar-refractivity contribution in [3.8, 4) is 0 Å². The number of carbonyl (C=O) groups excluding carboxylic acids is 3. The fourth-order valence-corrected chi connectivity index (χ4v) is 2.55. The van der Waals surface area contributed by atoms with Crippen LogP contribution in [0.3, 0.4) is 0 Å². The summed E-state index contributed by atoms with van der Waals surface area (Å²) >= 11 is 0. The molecule has 1 fully saturated rings. The molecule has 3 amide bonds. The summed E-state index contributed by atoms with van der Waals surface area (Å²) in [6.45, 7) is 9.96. The van der Waals surface area contributed by atoms with Gasteiger partial charge in [-0.1, -0.05) is 6.92 Å². The van der Waals surface area contributed by atoms with Crippen LogP contribution in [0.2, 0.25) is 0 Å². The zero-order valence-electron chi connectivity index (χ0n) is 13.6. The van der Waals surface area contributed by atoms with Gasteiger partial charge in [-0.05, 0) is 13.3 Å². The first-order chi connectivity index (χ1) is 9.86. The fourth-order valence-electron chi connectivity index (χ4n) is 2.55. The van der Waals surface area contributed by atoms with Gasteiger partial charge < -0.3 is 14.7 Å². The second kappa shape index (κ2) is 8.00. The van der Waals surface area contributed by atoms with Crippen LogP contribution >= 0.6 is 0 Å². The van der Waals surface area contributed by atoms with Gasteiger partial charge >= 0.3 is 0 Å². The Morgan fingerprint density at radius 2 is 1.57 bits per heavy atom. The molecule has 0 saturated carbocycles. The molecular weight excluding hydrogens is 270 g/mol. The SMILES string of the molecule is CCC(C)N(CCC(=O)N1CCN(C(C)=O)CC1)C(C)=O. The van der Waals surface area contributed by atoms with Crippen molar-refractivity contribution in [3.05, 3.63) is 0 Å². The highest BCUT2D eigenvalue weighted by atomic mass is 16.2. The molecule has 0 aromatic rings. The van der Waals surface area contributed by atoms with Crippen molar-refractivity contribution in [1.82, 2.24) is 14.7 Å². The lowest BCUT2D eigenvalue weighted by atomic mass is 10.2. The number of piperazine rings is 1. The molecule has 0 aliphatic carbocycles. The molecule has 0 N–H and O–H groups in total. The maximum Gasteiger partial charge on any atom is 0.224 e. The monoisotopic (exact) mass is 297 g/mol. The fraction of sp³-hybridized carbons (Fsp3) is 0.800. The van der Waals surface area contributed by atoms with Gasteiger partial charge in [0, 0.05) is 59.0 Å². The first-order valence-electron chi connectivity index (χ1n) is 7.67. The highest BCUT2D eigenvalue weighted by Gasteiger charge is 2.23. The van der Waals surface area contributed by atoms with Crippen molar-refractivity contribution in [2.24, 2.45) is 0 Å². The van der Waals surface area contributed by atoms with Crippen LogP contribution in [0.5, 0.6) is 0 Å². The van der Waals surface area contributed by atoms with Gasteiger partial charge in [-0.2, -0.15) is 0 Å². The van der Waals surface area contributed by atoms with E-state index in [4.69, 9.17) is 0 Å². The van der Waals surface area contributed by atoms with Gasteiger partial charge in [0.05, 0.1) is 0 Å². The van der Waals surface area contributed by atoms with Crippen LogP contribution in [0.4, 0.5) is 0 Å². The van der Waals surface area contributed by atoms with Crippen molar-refractivity contribution < 1.29 is 14.4 Å². The van der Waals surface area contributed by atoms with Crippen molar-refractivity contribution in [2.45, 2.75) is 46.6 Å². The zero-order chi connectivity index (χ0) is 16.0. The van der Waals surface area contributed by atoms with Crippen LogP contribution in [0, 0.1) is 0 Å². The minimum atomic E-state index is 0.0125. The molecule has 1 unspecified atom stereocenters. The third-order valence-corrected chi connectivity index (χ3v) is 4.17. The number of hydrogen-bond acceptors (Lipinski definition) is 3. The van der Waals surface area contributed by atoms with Gasteiger partial charge in [-0.3, -0.25) is 14.4 Å². The Morgan fingerprint density at radius 3 is 2.00 bits per heavy atom. The summed E-state index contributed by atoms with van der Waals surface area (Å²) < 4.78 is 0. The Kier molecular flexibility index (Phi) is 6.65. The van der Waals surface area contributed by atoms with Crippen molar-refractivity contribution in [1.29, 1.82) is 0 Å². The first kappa shape index (κ1) is 17.5. The summed E-state index contributed by atoms with van der Waals surface area (Å²) in [5.41, 5.74) is 0. The Morgan fingerprint density at radius 1 is 1.05 bits per heavy atom. The molecule has 6 heteroatoms. The van der Waals surface area contributed by atoms with E-state index in [0.29, 0.717) is 39.1 Å². The van der Waals surface area contributed by atoms with Crippen molar-refractivity contribution >= 4 is 17.7 Å². The predicted molar refractivity (Wildman–Crippen MR) is 80.6 cm³/mol. The number of rotatable bonds is 5. The molecule has 1 aliphatic rings. The Bertz CT molecular complexity index is 390. The number of hydrogen-bond donors (Lipinski definition) is 0. The van der Waals surface area contributed by atoms with Crippen LogP contribution < -0.4 is 0 Å². The highest BCUT2D eigenvalue weighted by molar-refractivity contribution is 5.79. The first-order valence-corrected chi connectivity index (χ1v) is 7.67. The lowest BCUT2D eigenvalue weighted by Crippen LogP contribution is -2.50. The van der Waals surface area contributed by atoms with Gasteiger partial charge in [0.25, 0.3) is 0 Å². The normalized spacial score (nSPS) is 16.6. The molecule has 21 heavy (non-hydrogen) atoms. The van der Waals surface area contributed by atoms with Crippen molar-refractivity contribution in [3.63, 3.8) is 0 Å². The van der Waals surface area contributed by atoms with Gasteiger partial charge in [0.1, 0.15) is 0 Å². The molecular formula is C15H27N3O3. The topological polar surface area (TPSA) is 60.9 Å². The summed E-state index contributed by atoms with van der Waals surface area (Å²) in [4.78, 5) is 40.4. The number of nitrogens with zero attached hydrogens (tertiary/aromatic N) is 3. The largest absolute Gasteiger partial charge is 0.340 e. The molecule has 6 nitrogen and oxygen atoms in total. The Hall–Kier alpha value is -1.59. The molecule has 0 bridgehead atoms. The van der Waals surface area contributed by atoms with E-state index in [9.17, 15) is 14.4 Å². The average molecular weight is 297 g/mol. The molecule has 0 aromatic heterocycles. The Balaban J connectivity index is 2.43. The summed E-state index contributed by atoms with van der Waals surface area (Å²) in [6.07, 6.45) is 1.23. The third kappa shape index (κ3) is 5.02. The van der Waals surface area contributed by atoms with Crippen LogP contribution in [0.15, 0.2) is 0 Å². The van der Waals surface area contributed by atoms with Gasteiger partial charge in [-0.15, -0.1) is 0 Å². The summed E-state index contributed by atoms with van der Waals surface area (Å²) in [6, 6.07) is 0.157. The highest BCUT2D eigenvalue weighted by Crippen LogP contribution is 2.08. The van der Waals surface area contributed by atoms with E-state index >= 15 is 0 Å². The molecule has 1 rings (SSSR count). The van der Waals surface area contributed by atoms with Gasteiger partial charge in [-0.25, -0.2) is 0 Å². The van der Waals surface area contributed by atoms with E-state index in [-0.39, 0.29) is 23.8 Å². The quantitative estimate of drug-likeness (QED) is 0.751. The third-order valence-electron chi connectivity index (χ3n) is 4.17. The summed E-state index contributed by atoms with van der Waals surface area (Å²) in [7, 11) is 0. The second-order valence-corrected chi connectivity index (χ2v) is 5.61.